The first-order chi connectivity index (χ1) is 9.56. The van der Waals surface area contributed by atoms with E-state index in [9.17, 15) is 0 Å². The molecule has 1 fully saturated rings. The molecule has 0 spiro atoms. The summed E-state index contributed by atoms with van der Waals surface area (Å²) in [6.07, 6.45) is 1.28. The van der Waals surface area contributed by atoms with Crippen LogP contribution in [0.4, 0.5) is 5.82 Å². The van der Waals surface area contributed by atoms with E-state index in [1.807, 2.05) is 0 Å². The van der Waals surface area contributed by atoms with E-state index in [-0.39, 0.29) is 0 Å². The molecule has 1 aliphatic rings. The number of nitrogens with one attached hydrogen (secondary N) is 1. The van der Waals surface area contributed by atoms with E-state index in [2.05, 4.69) is 56.1 Å². The average molecular weight is 275 g/mol. The quantitative estimate of drug-likeness (QED) is 0.893. The molecule has 3 nitrogen and oxygen atoms in total. The Hall–Kier alpha value is -1.09. The highest BCUT2D eigenvalue weighted by Gasteiger charge is 2.23. The van der Waals surface area contributed by atoms with Gasteiger partial charge in [0.15, 0.2) is 0 Å². The molecule has 0 aromatic carbocycles. The van der Waals surface area contributed by atoms with E-state index in [1.54, 1.807) is 0 Å². The Bertz CT molecular complexity index is 416. The first-order valence-electron chi connectivity index (χ1n) is 7.98. The van der Waals surface area contributed by atoms with Crippen LogP contribution in [0.3, 0.4) is 0 Å². The highest BCUT2D eigenvalue weighted by atomic mass is 15.2. The Kier molecular flexibility index (Phi) is 5.41. The second-order valence-corrected chi connectivity index (χ2v) is 6.70. The molecule has 0 saturated carbocycles. The van der Waals surface area contributed by atoms with Crippen molar-refractivity contribution in [2.24, 2.45) is 17.8 Å². The van der Waals surface area contributed by atoms with E-state index >= 15 is 0 Å². The smallest absolute Gasteiger partial charge is 0.128 e. The van der Waals surface area contributed by atoms with Crippen LogP contribution in [0.25, 0.3) is 0 Å². The lowest BCUT2D eigenvalue weighted by Gasteiger charge is -2.36. The van der Waals surface area contributed by atoms with Gasteiger partial charge in [0, 0.05) is 19.6 Å². The van der Waals surface area contributed by atoms with Crippen molar-refractivity contribution in [2.45, 2.75) is 40.7 Å². The van der Waals surface area contributed by atoms with Gasteiger partial charge in [-0.3, -0.25) is 0 Å². The third-order valence-electron chi connectivity index (χ3n) is 4.31. The van der Waals surface area contributed by atoms with Gasteiger partial charge in [0.2, 0.25) is 0 Å². The molecular weight excluding hydrogens is 246 g/mol. The maximum atomic E-state index is 4.82. The van der Waals surface area contributed by atoms with Crippen LogP contribution >= 0.6 is 0 Å². The fraction of sp³-hybridized carbons (Fsp3) is 0.706. The molecule has 1 aromatic heterocycles. The number of pyridine rings is 1. The second-order valence-electron chi connectivity index (χ2n) is 6.70. The lowest BCUT2D eigenvalue weighted by atomic mass is 9.89. The zero-order valence-corrected chi connectivity index (χ0v) is 13.4. The van der Waals surface area contributed by atoms with Crippen molar-refractivity contribution in [1.82, 2.24) is 10.3 Å². The zero-order chi connectivity index (χ0) is 14.5. The van der Waals surface area contributed by atoms with Crippen LogP contribution in [0.1, 0.15) is 39.8 Å². The summed E-state index contributed by atoms with van der Waals surface area (Å²) in [7, 11) is 0. The summed E-state index contributed by atoms with van der Waals surface area (Å²) in [4.78, 5) is 7.26. The summed E-state index contributed by atoms with van der Waals surface area (Å²) in [6, 6.07) is 6.40. The van der Waals surface area contributed by atoms with Crippen molar-refractivity contribution < 1.29 is 0 Å². The molecule has 0 bridgehead atoms. The first kappa shape index (κ1) is 15.3. The van der Waals surface area contributed by atoms with Crippen molar-refractivity contribution in [2.75, 3.05) is 24.5 Å². The summed E-state index contributed by atoms with van der Waals surface area (Å²) in [6.45, 7) is 13.4. The summed E-state index contributed by atoms with van der Waals surface area (Å²) >= 11 is 0. The molecule has 2 unspecified atom stereocenters. The monoisotopic (exact) mass is 275 g/mol. The number of rotatable bonds is 5. The van der Waals surface area contributed by atoms with Gasteiger partial charge in [-0.1, -0.05) is 33.8 Å². The molecule has 0 aliphatic carbocycles. The molecule has 1 saturated heterocycles. The maximum absolute atomic E-state index is 4.82. The highest BCUT2D eigenvalue weighted by Crippen LogP contribution is 2.25. The van der Waals surface area contributed by atoms with Gasteiger partial charge in [-0.2, -0.15) is 0 Å². The Balaban J connectivity index is 1.95. The summed E-state index contributed by atoms with van der Waals surface area (Å²) in [5, 5.41) is 3.47. The molecule has 2 heterocycles. The fourth-order valence-corrected chi connectivity index (χ4v) is 2.70. The topological polar surface area (TPSA) is 28.2 Å². The number of piperidine rings is 1. The minimum Gasteiger partial charge on any atom is -0.356 e. The summed E-state index contributed by atoms with van der Waals surface area (Å²) in [5.74, 6) is 3.42. The van der Waals surface area contributed by atoms with Crippen molar-refractivity contribution in [1.29, 1.82) is 0 Å². The Morgan fingerprint density at radius 1 is 1.30 bits per heavy atom. The van der Waals surface area contributed by atoms with Crippen LogP contribution in [0.15, 0.2) is 18.2 Å². The van der Waals surface area contributed by atoms with Crippen molar-refractivity contribution in [3.8, 4) is 0 Å². The van der Waals surface area contributed by atoms with E-state index in [0.717, 1.165) is 49.5 Å². The molecule has 1 N–H and O–H groups in total. The SMILES string of the molecule is CC(C)CNCc1cccc(N2CCC(C)C(C)C2)n1. The van der Waals surface area contributed by atoms with Crippen LogP contribution in [0, 0.1) is 17.8 Å². The van der Waals surface area contributed by atoms with Crippen molar-refractivity contribution in [3.63, 3.8) is 0 Å². The molecule has 0 amide bonds. The first-order valence-corrected chi connectivity index (χ1v) is 7.98. The largest absolute Gasteiger partial charge is 0.356 e. The minimum absolute atomic E-state index is 0.683. The van der Waals surface area contributed by atoms with Gasteiger partial charge in [-0.05, 0) is 42.9 Å². The van der Waals surface area contributed by atoms with Crippen molar-refractivity contribution in [3.05, 3.63) is 23.9 Å². The molecular formula is C17H29N3. The molecule has 1 aromatic rings. The predicted octanol–water partition coefficient (Wildman–Crippen LogP) is 3.31. The number of nitrogens with zero attached hydrogens (tertiary/aromatic N) is 2. The lowest BCUT2D eigenvalue weighted by Crippen LogP contribution is -2.39. The standard InChI is InChI=1S/C17H29N3/c1-13(2)10-18-11-16-6-5-7-17(19-16)20-9-8-14(3)15(4)12-20/h5-7,13-15,18H,8-12H2,1-4H3. The molecule has 0 radical (unpaired) electrons. The van der Waals surface area contributed by atoms with Crippen LogP contribution in [-0.2, 0) is 6.54 Å². The van der Waals surface area contributed by atoms with Crippen LogP contribution in [0.2, 0.25) is 0 Å². The van der Waals surface area contributed by atoms with Gasteiger partial charge in [-0.25, -0.2) is 4.98 Å². The molecule has 20 heavy (non-hydrogen) atoms. The number of hydrogen-bond donors (Lipinski definition) is 1. The lowest BCUT2D eigenvalue weighted by molar-refractivity contribution is 0.322. The van der Waals surface area contributed by atoms with Gasteiger partial charge in [0.05, 0.1) is 5.69 Å². The average Bonchev–Trinajstić information content (AvgIpc) is 2.42. The molecule has 2 atom stereocenters. The highest BCUT2D eigenvalue weighted by molar-refractivity contribution is 5.39. The van der Waals surface area contributed by atoms with Crippen molar-refractivity contribution >= 4 is 5.82 Å². The van der Waals surface area contributed by atoms with Gasteiger partial charge >= 0.3 is 0 Å². The second kappa shape index (κ2) is 7.07. The third-order valence-corrected chi connectivity index (χ3v) is 4.31. The Morgan fingerprint density at radius 2 is 2.10 bits per heavy atom. The fourth-order valence-electron chi connectivity index (χ4n) is 2.70. The van der Waals surface area contributed by atoms with Gasteiger partial charge < -0.3 is 10.2 Å². The zero-order valence-electron chi connectivity index (χ0n) is 13.4. The predicted molar refractivity (Wildman–Crippen MR) is 85.9 cm³/mol. The number of aromatic nitrogens is 1. The minimum atomic E-state index is 0.683. The third kappa shape index (κ3) is 4.20. The van der Waals surface area contributed by atoms with Crippen LogP contribution in [-0.4, -0.2) is 24.6 Å². The Labute approximate surface area is 123 Å². The molecule has 1 aliphatic heterocycles. The van der Waals surface area contributed by atoms with Gasteiger partial charge in [-0.15, -0.1) is 0 Å². The molecule has 2 rings (SSSR count). The number of anilines is 1. The van der Waals surface area contributed by atoms with E-state index in [4.69, 9.17) is 4.98 Å². The summed E-state index contributed by atoms with van der Waals surface area (Å²) in [5.41, 5.74) is 1.15. The van der Waals surface area contributed by atoms with Gasteiger partial charge in [0.1, 0.15) is 5.82 Å². The van der Waals surface area contributed by atoms with Crippen LogP contribution in [0.5, 0.6) is 0 Å². The maximum Gasteiger partial charge on any atom is 0.128 e. The number of hydrogen-bond acceptors (Lipinski definition) is 3. The molecule has 112 valence electrons. The van der Waals surface area contributed by atoms with E-state index < -0.39 is 0 Å². The van der Waals surface area contributed by atoms with E-state index in [0.29, 0.717) is 5.92 Å². The molecule has 3 heteroatoms. The van der Waals surface area contributed by atoms with Gasteiger partial charge in [0.25, 0.3) is 0 Å². The Morgan fingerprint density at radius 3 is 2.80 bits per heavy atom. The van der Waals surface area contributed by atoms with Crippen LogP contribution < -0.4 is 10.2 Å². The normalized spacial score (nSPS) is 23.4. The van der Waals surface area contributed by atoms with E-state index in [1.165, 1.54) is 6.42 Å². The summed E-state index contributed by atoms with van der Waals surface area (Å²) < 4.78 is 0.